The molecule has 0 aliphatic heterocycles. The molecular formula is C31H48N4O5S2. The second kappa shape index (κ2) is 19.2. The zero-order valence-corrected chi connectivity index (χ0v) is 28.8. The summed E-state index contributed by atoms with van der Waals surface area (Å²) in [5, 5.41) is 4.88. The molecule has 0 saturated heterocycles. The van der Waals surface area contributed by atoms with E-state index in [1.54, 1.807) is 44.5 Å². The number of hydrogen-bond acceptors (Lipinski definition) is 11. The van der Waals surface area contributed by atoms with Crippen LogP contribution in [0.25, 0.3) is 11.0 Å². The number of aryl methyl sites for hydroxylation is 1. The summed E-state index contributed by atoms with van der Waals surface area (Å²) in [5.41, 5.74) is 1.71. The minimum atomic E-state index is 0.0974. The van der Waals surface area contributed by atoms with Crippen molar-refractivity contribution in [2.24, 2.45) is 0 Å². The van der Waals surface area contributed by atoms with Gasteiger partial charge in [0.25, 0.3) is 0 Å². The van der Waals surface area contributed by atoms with Crippen molar-refractivity contribution in [3.05, 3.63) is 47.9 Å². The fourth-order valence-corrected chi connectivity index (χ4v) is 4.72. The van der Waals surface area contributed by atoms with E-state index < -0.39 is 0 Å². The fourth-order valence-electron chi connectivity index (χ4n) is 3.27. The third kappa shape index (κ3) is 11.0. The van der Waals surface area contributed by atoms with Crippen molar-refractivity contribution in [2.45, 2.75) is 91.8 Å². The molecule has 2 N–H and O–H groups in total. The van der Waals surface area contributed by atoms with Gasteiger partial charge in [0, 0.05) is 16.9 Å². The van der Waals surface area contributed by atoms with Gasteiger partial charge in [0.15, 0.2) is 11.4 Å². The molecule has 0 saturated carbocycles. The lowest BCUT2D eigenvalue weighted by molar-refractivity contribution is 0.316. The van der Waals surface area contributed by atoms with E-state index in [-0.39, 0.29) is 10.8 Å². The van der Waals surface area contributed by atoms with Crippen molar-refractivity contribution >= 4 is 40.7 Å². The van der Waals surface area contributed by atoms with Gasteiger partial charge in [-0.1, -0.05) is 71.6 Å². The molecule has 4 rings (SSSR count). The number of oxazole rings is 1. The van der Waals surface area contributed by atoms with Crippen molar-refractivity contribution in [1.29, 1.82) is 0 Å². The Kier molecular flexibility index (Phi) is 16.9. The first-order valence-electron chi connectivity index (χ1n) is 14.4. The second-order valence-corrected chi connectivity index (χ2v) is 11.4. The van der Waals surface area contributed by atoms with Crippen LogP contribution in [0.1, 0.15) is 80.6 Å². The van der Waals surface area contributed by atoms with Crippen LogP contribution in [0, 0.1) is 0 Å². The topological polar surface area (TPSA) is 104 Å². The third-order valence-electron chi connectivity index (χ3n) is 4.99. The molecule has 0 aliphatic rings. The standard InChI is InChI=1S/C25H30N4O5S2.3C2H6/c1-7-15-8-9-18(30-5)21(10-15)35-29-23-22-19(31-6)11-16(12-20(22)34-28-23)32-24-26-13-17(33-24)14-27-36-25(2,3)4;3*1-2/h8-13,27H,7,14H2,1-6H3,(H,28,29);3*1-2H3. The van der Waals surface area contributed by atoms with Gasteiger partial charge in [0.05, 0.1) is 31.9 Å². The lowest BCUT2D eigenvalue weighted by Crippen LogP contribution is -2.16. The van der Waals surface area contributed by atoms with Crippen LogP contribution in [0.5, 0.6) is 23.3 Å². The fraction of sp³-hybridized carbons (Fsp3) is 0.484. The lowest BCUT2D eigenvalue weighted by atomic mass is 10.2. The molecular weight excluding hydrogens is 572 g/mol. The Morgan fingerprint density at radius 2 is 1.62 bits per heavy atom. The van der Waals surface area contributed by atoms with E-state index in [1.165, 1.54) is 17.5 Å². The summed E-state index contributed by atoms with van der Waals surface area (Å²) >= 11 is 3.02. The number of benzene rings is 2. The molecule has 9 nitrogen and oxygen atoms in total. The quantitative estimate of drug-likeness (QED) is 0.157. The molecule has 11 heteroatoms. The van der Waals surface area contributed by atoms with Gasteiger partial charge in [-0.15, -0.1) is 0 Å². The van der Waals surface area contributed by atoms with Crippen LogP contribution in [0.15, 0.2) is 50.4 Å². The normalized spacial score (nSPS) is 10.4. The summed E-state index contributed by atoms with van der Waals surface area (Å²) in [6.07, 6.45) is 2.70. The zero-order chi connectivity index (χ0) is 31.7. The zero-order valence-electron chi connectivity index (χ0n) is 27.1. The van der Waals surface area contributed by atoms with Crippen molar-refractivity contribution in [3.63, 3.8) is 0 Å². The van der Waals surface area contributed by atoms with Crippen molar-refractivity contribution in [1.82, 2.24) is 14.9 Å². The number of nitrogens with zero attached hydrogens (tertiary/aromatic N) is 2. The average molecular weight is 621 g/mol. The summed E-state index contributed by atoms with van der Waals surface area (Å²) in [4.78, 5) is 5.15. The summed E-state index contributed by atoms with van der Waals surface area (Å²) in [7, 11) is 3.23. The van der Waals surface area contributed by atoms with Crippen LogP contribution in [-0.2, 0) is 13.0 Å². The maximum Gasteiger partial charge on any atom is 0.399 e. The van der Waals surface area contributed by atoms with Crippen LogP contribution in [-0.4, -0.2) is 29.1 Å². The number of aromatic nitrogens is 2. The highest BCUT2D eigenvalue weighted by Crippen LogP contribution is 2.40. The Bertz CT molecular complexity index is 1320. The molecule has 2 aromatic carbocycles. The molecule has 0 fully saturated rings. The van der Waals surface area contributed by atoms with Gasteiger partial charge in [-0.05, 0) is 56.8 Å². The SMILES string of the molecule is CC.CC.CC.CCc1ccc(OC)c(SNc2noc3cc(Oc4ncc(CNSC(C)(C)C)o4)cc(OC)c23)c1. The van der Waals surface area contributed by atoms with Crippen molar-refractivity contribution in [3.8, 4) is 23.3 Å². The van der Waals surface area contributed by atoms with Crippen LogP contribution in [0.4, 0.5) is 5.82 Å². The van der Waals surface area contributed by atoms with E-state index in [1.807, 2.05) is 47.6 Å². The largest absolute Gasteiger partial charge is 0.496 e. The van der Waals surface area contributed by atoms with Crippen molar-refractivity contribution in [2.75, 3.05) is 18.9 Å². The van der Waals surface area contributed by atoms with Gasteiger partial charge in [-0.2, -0.15) is 4.98 Å². The molecule has 0 aliphatic carbocycles. The number of ether oxygens (including phenoxy) is 3. The third-order valence-corrected chi connectivity index (χ3v) is 6.72. The Labute approximate surface area is 260 Å². The molecule has 0 unspecified atom stereocenters. The van der Waals surface area contributed by atoms with E-state index >= 15 is 0 Å². The van der Waals surface area contributed by atoms with E-state index in [0.29, 0.717) is 40.6 Å². The minimum Gasteiger partial charge on any atom is -0.496 e. The Morgan fingerprint density at radius 3 is 2.24 bits per heavy atom. The first-order chi connectivity index (χ1) is 20.3. The minimum absolute atomic E-state index is 0.0974. The number of nitrogens with one attached hydrogen (secondary N) is 2. The Hall–Kier alpha value is -3.02. The molecule has 42 heavy (non-hydrogen) atoms. The maximum atomic E-state index is 5.83. The molecule has 234 valence electrons. The van der Waals surface area contributed by atoms with Gasteiger partial charge < -0.3 is 27.9 Å². The highest BCUT2D eigenvalue weighted by molar-refractivity contribution is 8.00. The molecule has 0 radical (unpaired) electrons. The number of methoxy groups -OCH3 is 2. The van der Waals surface area contributed by atoms with Crippen LogP contribution < -0.4 is 23.7 Å². The summed E-state index contributed by atoms with van der Waals surface area (Å²) in [5.74, 6) is 2.97. The lowest BCUT2D eigenvalue weighted by Gasteiger charge is -2.16. The molecule has 2 aromatic heterocycles. The highest BCUT2D eigenvalue weighted by Gasteiger charge is 2.19. The van der Waals surface area contributed by atoms with E-state index in [0.717, 1.165) is 17.1 Å². The van der Waals surface area contributed by atoms with Gasteiger partial charge in [-0.25, -0.2) is 0 Å². The molecule has 0 bridgehead atoms. The van der Waals surface area contributed by atoms with E-state index in [2.05, 4.69) is 59.4 Å². The molecule has 0 spiro atoms. The Morgan fingerprint density at radius 1 is 0.929 bits per heavy atom. The molecule has 0 atom stereocenters. The summed E-state index contributed by atoms with van der Waals surface area (Å²) < 4.78 is 34.8. The number of fused-ring (bicyclic) bond motifs is 1. The van der Waals surface area contributed by atoms with Gasteiger partial charge in [0.1, 0.15) is 28.4 Å². The maximum absolute atomic E-state index is 5.83. The predicted octanol–water partition coefficient (Wildman–Crippen LogP) is 9.92. The van der Waals surface area contributed by atoms with Gasteiger partial charge in [0.2, 0.25) is 0 Å². The Balaban J connectivity index is 0.00000138. The van der Waals surface area contributed by atoms with Crippen LogP contribution in [0.3, 0.4) is 0 Å². The first kappa shape index (κ1) is 37.0. The first-order valence-corrected chi connectivity index (χ1v) is 16.0. The number of anilines is 1. The molecule has 0 amide bonds. The summed E-state index contributed by atoms with van der Waals surface area (Å²) in [6, 6.07) is 9.56. The van der Waals surface area contributed by atoms with Crippen molar-refractivity contribution < 1.29 is 23.2 Å². The molecule has 2 heterocycles. The van der Waals surface area contributed by atoms with Crippen LogP contribution >= 0.6 is 23.9 Å². The van der Waals surface area contributed by atoms with E-state index in [4.69, 9.17) is 23.2 Å². The molecule has 4 aromatic rings. The predicted molar refractivity (Wildman–Crippen MR) is 177 cm³/mol. The van der Waals surface area contributed by atoms with Gasteiger partial charge in [-0.3, -0.25) is 4.72 Å². The number of hydrogen-bond donors (Lipinski definition) is 2. The van der Waals surface area contributed by atoms with Gasteiger partial charge >= 0.3 is 6.08 Å². The smallest absolute Gasteiger partial charge is 0.399 e. The van der Waals surface area contributed by atoms with Crippen LogP contribution in [0.2, 0.25) is 0 Å². The summed E-state index contributed by atoms with van der Waals surface area (Å²) in [6.45, 7) is 21.0. The highest BCUT2D eigenvalue weighted by atomic mass is 32.2. The van der Waals surface area contributed by atoms with E-state index in [9.17, 15) is 0 Å². The monoisotopic (exact) mass is 620 g/mol. The second-order valence-electron chi connectivity index (χ2n) is 8.80. The number of rotatable bonds is 11. The average Bonchev–Trinajstić information content (AvgIpc) is 3.64.